The van der Waals surface area contributed by atoms with Gasteiger partial charge in [-0.25, -0.2) is 0 Å². The molecular formula is C18H27NS. The van der Waals surface area contributed by atoms with E-state index in [1.165, 1.54) is 81.5 Å². The van der Waals surface area contributed by atoms with Crippen LogP contribution < -0.4 is 0 Å². The van der Waals surface area contributed by atoms with Gasteiger partial charge in [0.15, 0.2) is 0 Å². The van der Waals surface area contributed by atoms with Crippen molar-refractivity contribution in [1.82, 2.24) is 0 Å². The minimum absolute atomic E-state index is 1.01. The van der Waals surface area contributed by atoms with Crippen LogP contribution in [0.5, 0.6) is 0 Å². The molecule has 0 unspecified atom stereocenters. The normalized spacial score (nSPS) is 10.3. The molecule has 0 saturated carbocycles. The van der Waals surface area contributed by atoms with Crippen LogP contribution in [0.4, 0.5) is 0 Å². The highest BCUT2D eigenvalue weighted by atomic mass is 32.2. The van der Waals surface area contributed by atoms with Crippen molar-refractivity contribution in [1.29, 1.82) is 5.26 Å². The third-order valence-corrected chi connectivity index (χ3v) is 4.24. The Kier molecular flexibility index (Phi) is 11.2. The summed E-state index contributed by atoms with van der Waals surface area (Å²) in [5.41, 5.74) is 1.47. The summed E-state index contributed by atoms with van der Waals surface area (Å²) >= 11 is 1.39. The van der Waals surface area contributed by atoms with E-state index in [4.69, 9.17) is 5.26 Å². The molecule has 0 amide bonds. The topological polar surface area (TPSA) is 23.8 Å². The number of unbranched alkanes of at least 4 members (excludes halogenated alkanes) is 8. The van der Waals surface area contributed by atoms with Crippen LogP contribution in [0.2, 0.25) is 0 Å². The molecule has 0 aliphatic heterocycles. The number of rotatable bonds is 12. The second kappa shape index (κ2) is 13.1. The van der Waals surface area contributed by atoms with Gasteiger partial charge >= 0.3 is 0 Å². The Labute approximate surface area is 128 Å². The van der Waals surface area contributed by atoms with E-state index in [-0.39, 0.29) is 0 Å². The lowest BCUT2D eigenvalue weighted by molar-refractivity contribution is 0.565. The average Bonchev–Trinajstić information content (AvgIpc) is 2.49. The maximum absolute atomic E-state index is 8.40. The first kappa shape index (κ1) is 17.1. The largest absolute Gasteiger partial charge is 0.185 e. The quantitative estimate of drug-likeness (QED) is 0.350. The van der Waals surface area contributed by atoms with Crippen LogP contribution in [0.25, 0.3) is 0 Å². The van der Waals surface area contributed by atoms with Gasteiger partial charge in [0.05, 0.1) is 0 Å². The molecule has 0 heterocycles. The van der Waals surface area contributed by atoms with Crippen molar-refractivity contribution in [2.75, 3.05) is 5.75 Å². The highest BCUT2D eigenvalue weighted by molar-refractivity contribution is 8.03. The van der Waals surface area contributed by atoms with Crippen molar-refractivity contribution < 1.29 is 0 Å². The van der Waals surface area contributed by atoms with Gasteiger partial charge in [-0.2, -0.15) is 5.26 Å². The van der Waals surface area contributed by atoms with Gasteiger partial charge in [-0.15, -0.1) is 0 Å². The van der Waals surface area contributed by atoms with Crippen molar-refractivity contribution in [2.45, 2.75) is 64.2 Å². The number of hydrogen-bond acceptors (Lipinski definition) is 2. The number of nitriles is 1. The smallest absolute Gasteiger partial charge is 0.133 e. The van der Waals surface area contributed by atoms with Crippen LogP contribution in [0, 0.1) is 10.7 Å². The highest BCUT2D eigenvalue weighted by Crippen LogP contribution is 2.12. The predicted molar refractivity (Wildman–Crippen MR) is 89.8 cm³/mol. The van der Waals surface area contributed by atoms with E-state index in [0.717, 1.165) is 5.75 Å². The third kappa shape index (κ3) is 9.92. The van der Waals surface area contributed by atoms with Gasteiger partial charge < -0.3 is 0 Å². The first-order valence-corrected chi connectivity index (χ1v) is 8.97. The molecule has 0 aliphatic carbocycles. The van der Waals surface area contributed by atoms with E-state index in [2.05, 4.69) is 35.7 Å². The summed E-state index contributed by atoms with van der Waals surface area (Å²) in [7, 11) is 0. The molecule has 1 aromatic rings. The molecule has 0 radical (unpaired) electrons. The first-order valence-electron chi connectivity index (χ1n) is 7.98. The standard InChI is InChI=1S/C18H27NS/c19-17-20-16-12-7-5-3-1-2-4-6-9-13-18-14-10-8-11-15-18/h8,10-11,14-15H,1-7,9,12-13,16H2. The summed E-state index contributed by atoms with van der Waals surface area (Å²) in [5, 5.41) is 10.5. The van der Waals surface area contributed by atoms with Crippen molar-refractivity contribution in [3.05, 3.63) is 35.9 Å². The fraction of sp³-hybridized carbons (Fsp3) is 0.611. The van der Waals surface area contributed by atoms with Crippen LogP contribution in [0.3, 0.4) is 0 Å². The zero-order valence-electron chi connectivity index (χ0n) is 12.5. The van der Waals surface area contributed by atoms with E-state index < -0.39 is 0 Å². The second-order valence-electron chi connectivity index (χ2n) is 5.36. The Bertz CT molecular complexity index is 355. The summed E-state index contributed by atoms with van der Waals surface area (Å²) in [6.07, 6.45) is 13.3. The zero-order chi connectivity index (χ0) is 14.3. The fourth-order valence-electron chi connectivity index (χ4n) is 2.43. The van der Waals surface area contributed by atoms with Gasteiger partial charge in [-0.1, -0.05) is 75.3 Å². The summed E-state index contributed by atoms with van der Waals surface area (Å²) in [5.74, 6) is 1.01. The van der Waals surface area contributed by atoms with E-state index in [1.807, 2.05) is 0 Å². The molecule has 0 spiro atoms. The van der Waals surface area contributed by atoms with Gasteiger partial charge in [-0.3, -0.25) is 0 Å². The Morgan fingerprint density at radius 3 is 1.90 bits per heavy atom. The molecule has 0 aromatic heterocycles. The Hall–Kier alpha value is -0.940. The number of thiocyanates is 1. The van der Waals surface area contributed by atoms with E-state index in [0.29, 0.717) is 0 Å². The lowest BCUT2D eigenvalue weighted by atomic mass is 10.0. The molecule has 1 nitrogen and oxygen atoms in total. The number of aryl methyl sites for hydroxylation is 1. The molecule has 110 valence electrons. The maximum Gasteiger partial charge on any atom is 0.133 e. The summed E-state index contributed by atoms with van der Waals surface area (Å²) in [6, 6.07) is 10.8. The molecule has 0 bridgehead atoms. The molecule has 0 fully saturated rings. The Morgan fingerprint density at radius 2 is 1.30 bits per heavy atom. The lowest BCUT2D eigenvalue weighted by Crippen LogP contribution is -1.86. The third-order valence-electron chi connectivity index (χ3n) is 3.62. The molecule has 1 aromatic carbocycles. The summed E-state index contributed by atoms with van der Waals surface area (Å²) < 4.78 is 0. The zero-order valence-corrected chi connectivity index (χ0v) is 13.3. The van der Waals surface area contributed by atoms with Crippen molar-refractivity contribution in [2.24, 2.45) is 0 Å². The van der Waals surface area contributed by atoms with E-state index >= 15 is 0 Å². The molecule has 0 N–H and O–H groups in total. The molecule has 0 saturated heterocycles. The van der Waals surface area contributed by atoms with Crippen LogP contribution in [-0.4, -0.2) is 5.75 Å². The highest BCUT2D eigenvalue weighted by Gasteiger charge is 1.94. The van der Waals surface area contributed by atoms with Crippen molar-refractivity contribution in [3.63, 3.8) is 0 Å². The van der Waals surface area contributed by atoms with Gasteiger partial charge in [0.25, 0.3) is 0 Å². The number of hydrogen-bond donors (Lipinski definition) is 0. The van der Waals surface area contributed by atoms with Gasteiger partial charge in [0.2, 0.25) is 0 Å². The Balaban J connectivity index is 1.78. The molecule has 0 aliphatic rings. The molecule has 2 heteroatoms. The molecule has 0 atom stereocenters. The van der Waals surface area contributed by atoms with Gasteiger partial charge in [0.1, 0.15) is 5.40 Å². The summed E-state index contributed by atoms with van der Waals surface area (Å²) in [6.45, 7) is 0. The van der Waals surface area contributed by atoms with Crippen molar-refractivity contribution in [3.8, 4) is 5.40 Å². The maximum atomic E-state index is 8.40. The van der Waals surface area contributed by atoms with Crippen LogP contribution in [0.1, 0.15) is 63.4 Å². The SMILES string of the molecule is N#CSCCCCCCCCCCCc1ccccc1. The number of nitrogens with zero attached hydrogens (tertiary/aromatic N) is 1. The lowest BCUT2D eigenvalue weighted by Gasteiger charge is -2.03. The minimum atomic E-state index is 1.01. The minimum Gasteiger partial charge on any atom is -0.185 e. The second-order valence-corrected chi connectivity index (χ2v) is 6.24. The Morgan fingerprint density at radius 1 is 0.750 bits per heavy atom. The molecule has 20 heavy (non-hydrogen) atoms. The van der Waals surface area contributed by atoms with E-state index in [1.54, 1.807) is 0 Å². The van der Waals surface area contributed by atoms with Crippen LogP contribution in [0.15, 0.2) is 30.3 Å². The average molecular weight is 289 g/mol. The van der Waals surface area contributed by atoms with Crippen molar-refractivity contribution >= 4 is 11.8 Å². The van der Waals surface area contributed by atoms with Gasteiger partial charge in [-0.05, 0) is 36.6 Å². The first-order chi connectivity index (χ1) is 9.93. The monoisotopic (exact) mass is 289 g/mol. The van der Waals surface area contributed by atoms with E-state index in [9.17, 15) is 0 Å². The van der Waals surface area contributed by atoms with Crippen LogP contribution in [-0.2, 0) is 6.42 Å². The molecular weight excluding hydrogens is 262 g/mol. The number of thioether (sulfide) groups is 1. The predicted octanol–water partition coefficient (Wildman–Crippen LogP) is 5.95. The van der Waals surface area contributed by atoms with Gasteiger partial charge in [0, 0.05) is 5.75 Å². The summed E-state index contributed by atoms with van der Waals surface area (Å²) in [4.78, 5) is 0. The molecule has 1 rings (SSSR count). The number of benzene rings is 1. The van der Waals surface area contributed by atoms with Crippen LogP contribution >= 0.6 is 11.8 Å². The fourth-order valence-corrected chi connectivity index (χ4v) is 2.87.